The Morgan fingerprint density at radius 2 is 1.63 bits per heavy atom. The van der Waals surface area contributed by atoms with E-state index < -0.39 is 11.9 Å². The van der Waals surface area contributed by atoms with Crippen molar-refractivity contribution in [2.24, 2.45) is 0 Å². The molecule has 1 aliphatic heterocycles. The molecule has 0 fully saturated rings. The van der Waals surface area contributed by atoms with Crippen LogP contribution in [-0.2, 0) is 4.79 Å². The van der Waals surface area contributed by atoms with Crippen molar-refractivity contribution in [3.05, 3.63) is 113 Å². The number of amides is 1. The number of anilines is 2. The summed E-state index contributed by atoms with van der Waals surface area (Å²) in [5.41, 5.74) is 2.71. The number of nitrogens with zero attached hydrogens (tertiary/aromatic N) is 6. The zero-order valence-electron chi connectivity index (χ0n) is 26.1. The van der Waals surface area contributed by atoms with Crippen molar-refractivity contribution in [2.45, 2.75) is 0 Å². The zero-order chi connectivity index (χ0) is 35.5. The van der Waals surface area contributed by atoms with Crippen LogP contribution < -0.4 is 21.4 Å². The summed E-state index contributed by atoms with van der Waals surface area (Å²) in [6.07, 6.45) is 3.09. The highest BCUT2D eigenvalue weighted by atomic mass is 32.1. The van der Waals surface area contributed by atoms with Crippen LogP contribution in [0.15, 0.2) is 107 Å². The maximum Gasteiger partial charge on any atom is 0.336 e. The van der Waals surface area contributed by atoms with Crippen molar-refractivity contribution < 1.29 is 24.2 Å². The van der Waals surface area contributed by atoms with E-state index in [2.05, 4.69) is 46.3 Å². The van der Waals surface area contributed by atoms with Gasteiger partial charge < -0.3 is 30.6 Å². The van der Waals surface area contributed by atoms with Gasteiger partial charge in [-0.1, -0.05) is 12.1 Å². The monoisotopic (exact) mass is 697 g/mol. The summed E-state index contributed by atoms with van der Waals surface area (Å²) in [7, 11) is 0. The van der Waals surface area contributed by atoms with Crippen LogP contribution in [0.4, 0.5) is 11.5 Å². The number of aromatic hydroxyl groups is 1. The van der Waals surface area contributed by atoms with E-state index in [0.717, 1.165) is 0 Å². The number of aromatic carboxylic acids is 1. The number of nitrogens with one attached hydrogen (secondary N) is 3. The Labute approximate surface area is 292 Å². The van der Waals surface area contributed by atoms with Gasteiger partial charge in [-0.15, -0.1) is 20.4 Å². The Morgan fingerprint density at radius 1 is 0.824 bits per heavy atom. The number of phenolic OH excluding ortho intramolecular Hbond substituents is 1. The summed E-state index contributed by atoms with van der Waals surface area (Å²) < 4.78 is 5.88. The molecule has 1 amide bonds. The van der Waals surface area contributed by atoms with Crippen LogP contribution in [0.1, 0.15) is 10.4 Å². The van der Waals surface area contributed by atoms with E-state index >= 15 is 0 Å². The van der Waals surface area contributed by atoms with Crippen LogP contribution in [0.5, 0.6) is 5.75 Å². The van der Waals surface area contributed by atoms with Gasteiger partial charge in [-0.05, 0) is 78.4 Å². The number of hydrogen-bond donors (Lipinski definition) is 5. The van der Waals surface area contributed by atoms with Crippen molar-refractivity contribution in [3.63, 3.8) is 0 Å². The van der Waals surface area contributed by atoms with Crippen molar-refractivity contribution in [1.82, 2.24) is 35.7 Å². The number of aromatic nitrogens is 6. The van der Waals surface area contributed by atoms with Crippen molar-refractivity contribution >= 4 is 51.7 Å². The molecule has 0 radical (unpaired) electrons. The van der Waals surface area contributed by atoms with Crippen LogP contribution in [0.2, 0.25) is 0 Å². The van der Waals surface area contributed by atoms with Crippen LogP contribution in [0.25, 0.3) is 56.3 Å². The van der Waals surface area contributed by atoms with Crippen LogP contribution in [0, 0.1) is 0 Å². The van der Waals surface area contributed by atoms with E-state index in [4.69, 9.17) is 16.6 Å². The van der Waals surface area contributed by atoms with Gasteiger partial charge in [-0.2, -0.15) is 0 Å². The molecule has 51 heavy (non-hydrogen) atoms. The predicted octanol–water partition coefficient (Wildman–Crippen LogP) is 4.60. The van der Waals surface area contributed by atoms with Gasteiger partial charge in [-0.3, -0.25) is 14.6 Å². The number of phenols is 1. The molecule has 16 heteroatoms. The second kappa shape index (κ2) is 13.7. The molecular weight excluding hydrogens is 675 g/mol. The third kappa shape index (κ3) is 7.01. The molecule has 4 heterocycles. The molecule has 0 spiro atoms. The number of thiocarbonyl (C=S) groups is 1. The summed E-state index contributed by atoms with van der Waals surface area (Å²) >= 11 is 5.36. The lowest BCUT2D eigenvalue weighted by atomic mass is 9.90. The molecule has 1 aliphatic carbocycles. The first-order valence-electron chi connectivity index (χ1n) is 15.1. The number of pyridine rings is 2. The van der Waals surface area contributed by atoms with E-state index in [-0.39, 0.29) is 57.2 Å². The molecular formula is C35H23N9O6S. The maximum absolute atomic E-state index is 12.6. The van der Waals surface area contributed by atoms with Crippen molar-refractivity contribution in [2.75, 3.05) is 17.2 Å². The van der Waals surface area contributed by atoms with Gasteiger partial charge in [0.2, 0.25) is 17.6 Å². The maximum atomic E-state index is 12.6. The average Bonchev–Trinajstić information content (AvgIpc) is 3.14. The average molecular weight is 698 g/mol. The molecule has 2 aromatic carbocycles. The lowest BCUT2D eigenvalue weighted by Gasteiger charge is -2.18. The fourth-order valence-corrected chi connectivity index (χ4v) is 5.42. The van der Waals surface area contributed by atoms with Crippen LogP contribution in [-0.4, -0.2) is 64.1 Å². The third-order valence-electron chi connectivity index (χ3n) is 7.53. The highest BCUT2D eigenvalue weighted by Crippen LogP contribution is 2.42. The second-order valence-electron chi connectivity index (χ2n) is 10.9. The Balaban J connectivity index is 1.01. The summed E-state index contributed by atoms with van der Waals surface area (Å²) in [5, 5.41) is 45.5. The molecule has 5 aromatic rings. The van der Waals surface area contributed by atoms with E-state index in [1.54, 1.807) is 60.8 Å². The van der Waals surface area contributed by atoms with Crippen LogP contribution in [0.3, 0.4) is 0 Å². The predicted molar refractivity (Wildman–Crippen MR) is 190 cm³/mol. The third-order valence-corrected chi connectivity index (χ3v) is 7.77. The zero-order valence-corrected chi connectivity index (χ0v) is 26.9. The molecule has 0 saturated carbocycles. The highest BCUT2D eigenvalue weighted by Gasteiger charge is 2.22. The van der Waals surface area contributed by atoms with Gasteiger partial charge in [0.05, 0.1) is 12.1 Å². The van der Waals surface area contributed by atoms with Gasteiger partial charge in [0, 0.05) is 52.3 Å². The number of benzene rings is 3. The van der Waals surface area contributed by atoms with Crippen molar-refractivity contribution in [1.29, 1.82) is 0 Å². The molecule has 2 aliphatic rings. The fraction of sp³-hybridized carbons (Fsp3) is 0.0286. The Morgan fingerprint density at radius 3 is 2.37 bits per heavy atom. The largest absolute Gasteiger partial charge is 0.508 e. The van der Waals surface area contributed by atoms with Crippen molar-refractivity contribution in [3.8, 4) is 51.1 Å². The summed E-state index contributed by atoms with van der Waals surface area (Å²) in [4.78, 5) is 45.6. The van der Waals surface area contributed by atoms with Gasteiger partial charge in [0.15, 0.2) is 10.5 Å². The number of carboxylic acids is 1. The number of carboxylic acid groups (broad SMARTS) is 1. The molecule has 250 valence electrons. The number of rotatable bonds is 8. The number of fused-ring (bicyclic) bond motifs is 2. The molecule has 7 rings (SSSR count). The molecule has 15 nitrogen and oxygen atoms in total. The summed E-state index contributed by atoms with van der Waals surface area (Å²) in [6.45, 7) is -0.217. The van der Waals surface area contributed by atoms with Gasteiger partial charge in [0.25, 0.3) is 0 Å². The van der Waals surface area contributed by atoms with Gasteiger partial charge in [0.1, 0.15) is 28.6 Å². The second-order valence-corrected chi connectivity index (χ2v) is 11.3. The number of carbonyl (C=O) groups is 2. The topological polar surface area (TPSA) is 218 Å². The number of carbonyl (C=O) groups excluding carboxylic acids is 1. The minimum atomic E-state index is -1.22. The Bertz CT molecular complexity index is 2480. The first-order valence-corrected chi connectivity index (χ1v) is 15.5. The molecule has 0 atom stereocenters. The fourth-order valence-electron chi connectivity index (χ4n) is 5.23. The highest BCUT2D eigenvalue weighted by molar-refractivity contribution is 7.80. The van der Waals surface area contributed by atoms with Gasteiger partial charge >= 0.3 is 5.97 Å². The van der Waals surface area contributed by atoms with Gasteiger partial charge in [-0.25, -0.2) is 9.78 Å². The minimum absolute atomic E-state index is 0.0540. The van der Waals surface area contributed by atoms with Crippen LogP contribution >= 0.6 is 12.2 Å². The summed E-state index contributed by atoms with van der Waals surface area (Å²) in [5.74, 6) is -0.678. The molecule has 0 saturated heterocycles. The molecule has 0 bridgehead atoms. The number of hydrogen-bond acceptors (Lipinski definition) is 12. The molecule has 3 aromatic heterocycles. The standard InChI is InChI=1S/C35H23N9O6S/c45-20-6-9-23-27(14-20)50-28-15-21(46)7-10-24(28)31(23)22-8-5-19(13-25(22)34(48)49)39-35(51)38-17-30(47)40-29-11-4-18(16-37-29)32-41-43-33(44-42-32)26-3-1-2-12-36-26/h1-16,45H,17H2,(H,48,49)(H,37,40,47)(H2,38,39,51). The van der Waals surface area contributed by atoms with E-state index in [1.165, 1.54) is 36.5 Å². The van der Waals surface area contributed by atoms with E-state index in [1.807, 2.05) is 0 Å². The Kier molecular flexibility index (Phi) is 8.71. The summed E-state index contributed by atoms with van der Waals surface area (Å²) in [6, 6.07) is 21.9. The van der Waals surface area contributed by atoms with E-state index in [0.29, 0.717) is 39.0 Å². The molecule has 0 unspecified atom stereocenters. The SMILES string of the molecule is O=C(CNC(=S)Nc1ccc(-c2c3ccc(=O)cc-3oc3cc(O)ccc23)c(C(=O)O)c1)Nc1ccc(-c2nnc(-c3ccccn3)nn2)cn1. The Hall–Kier alpha value is -7.20. The first-order chi connectivity index (χ1) is 24.7. The minimum Gasteiger partial charge on any atom is -0.508 e. The molecule has 5 N–H and O–H groups in total. The smallest absolute Gasteiger partial charge is 0.336 e. The lowest BCUT2D eigenvalue weighted by Crippen LogP contribution is -2.35. The normalized spacial score (nSPS) is 10.9. The lowest BCUT2D eigenvalue weighted by molar-refractivity contribution is -0.115. The first kappa shape index (κ1) is 32.4. The van der Waals surface area contributed by atoms with E-state index in [9.17, 15) is 24.6 Å². The quantitative estimate of drug-likeness (QED) is 0.108.